The molecule has 0 unspecified atom stereocenters. The Morgan fingerprint density at radius 1 is 1.13 bits per heavy atom. The molecule has 6 nitrogen and oxygen atoms in total. The van der Waals surface area contributed by atoms with Crippen LogP contribution in [0.25, 0.3) is 6.08 Å². The Balaban J connectivity index is 1.95. The largest absolute Gasteiger partial charge is 0.490 e. The summed E-state index contributed by atoms with van der Waals surface area (Å²) in [7, 11) is 0. The number of cyclic esters (lactones) is 1. The number of ether oxygens (including phenoxy) is 3. The molecular formula is C22H18Cl3NO5. The molecule has 0 fully saturated rings. The number of aliphatic imine (C=N–C) groups is 1. The Bertz CT molecular complexity index is 1090. The van der Waals surface area contributed by atoms with Gasteiger partial charge in [0.2, 0.25) is 5.90 Å². The fraction of sp³-hybridized carbons (Fsp3) is 0.227. The van der Waals surface area contributed by atoms with Crippen molar-refractivity contribution in [1.82, 2.24) is 0 Å². The molecule has 0 radical (unpaired) electrons. The number of hydrogen-bond acceptors (Lipinski definition) is 6. The summed E-state index contributed by atoms with van der Waals surface area (Å²) >= 11 is 18.4. The Morgan fingerprint density at radius 3 is 2.58 bits per heavy atom. The van der Waals surface area contributed by atoms with Crippen LogP contribution in [0.1, 0.15) is 37.8 Å². The van der Waals surface area contributed by atoms with E-state index < -0.39 is 11.9 Å². The van der Waals surface area contributed by atoms with Crippen LogP contribution < -0.4 is 9.47 Å². The lowest BCUT2D eigenvalue weighted by atomic mass is 10.1. The molecule has 0 aromatic heterocycles. The highest BCUT2D eigenvalue weighted by atomic mass is 35.5. The average Bonchev–Trinajstić information content (AvgIpc) is 3.05. The maximum absolute atomic E-state index is 12.3. The van der Waals surface area contributed by atoms with Gasteiger partial charge in [0.25, 0.3) is 0 Å². The maximum atomic E-state index is 12.3. The van der Waals surface area contributed by atoms with E-state index in [2.05, 4.69) is 4.99 Å². The first-order chi connectivity index (χ1) is 14.8. The molecule has 0 aliphatic carbocycles. The van der Waals surface area contributed by atoms with Gasteiger partial charge < -0.3 is 14.2 Å². The van der Waals surface area contributed by atoms with Crippen LogP contribution >= 0.6 is 34.8 Å². The van der Waals surface area contributed by atoms with Crippen LogP contribution in [0.3, 0.4) is 0 Å². The molecule has 0 saturated heterocycles. The minimum atomic E-state index is -0.645. The van der Waals surface area contributed by atoms with Crippen molar-refractivity contribution >= 4 is 58.7 Å². The topological polar surface area (TPSA) is 74.2 Å². The summed E-state index contributed by atoms with van der Waals surface area (Å²) < 4.78 is 16.2. The zero-order chi connectivity index (χ0) is 22.5. The van der Waals surface area contributed by atoms with Crippen LogP contribution in [0.4, 0.5) is 0 Å². The quantitative estimate of drug-likeness (QED) is 0.271. The van der Waals surface area contributed by atoms with Crippen molar-refractivity contribution in [3.63, 3.8) is 0 Å². The van der Waals surface area contributed by atoms with E-state index in [0.717, 1.165) is 0 Å². The maximum Gasteiger partial charge on any atom is 0.363 e. The molecule has 0 atom stereocenters. The zero-order valence-corrected chi connectivity index (χ0v) is 19.0. The smallest absolute Gasteiger partial charge is 0.363 e. The van der Waals surface area contributed by atoms with E-state index in [4.69, 9.17) is 49.0 Å². The Hall–Kier alpha value is -2.54. The van der Waals surface area contributed by atoms with Crippen LogP contribution in [0.5, 0.6) is 11.5 Å². The van der Waals surface area contributed by atoms with E-state index in [0.29, 0.717) is 34.2 Å². The van der Waals surface area contributed by atoms with Crippen molar-refractivity contribution in [2.75, 3.05) is 6.61 Å². The molecule has 1 aliphatic rings. The van der Waals surface area contributed by atoms with Gasteiger partial charge in [0.1, 0.15) is 0 Å². The molecule has 9 heteroatoms. The predicted octanol–water partition coefficient (Wildman–Crippen LogP) is 6.10. The zero-order valence-electron chi connectivity index (χ0n) is 16.7. The number of benzene rings is 2. The molecular weight excluding hydrogens is 465 g/mol. The van der Waals surface area contributed by atoms with E-state index >= 15 is 0 Å². The third kappa shape index (κ3) is 5.58. The monoisotopic (exact) mass is 481 g/mol. The fourth-order valence-corrected chi connectivity index (χ4v) is 3.49. The number of rotatable bonds is 7. The minimum Gasteiger partial charge on any atom is -0.490 e. The summed E-state index contributed by atoms with van der Waals surface area (Å²) in [6.07, 6.45) is 2.39. The molecule has 0 amide bonds. The van der Waals surface area contributed by atoms with Crippen molar-refractivity contribution < 1.29 is 23.8 Å². The Labute approximate surface area is 194 Å². The van der Waals surface area contributed by atoms with E-state index in [1.54, 1.807) is 31.2 Å². The molecule has 0 N–H and O–H groups in total. The molecule has 2 aromatic rings. The fourth-order valence-electron chi connectivity index (χ4n) is 2.75. The van der Waals surface area contributed by atoms with E-state index in [9.17, 15) is 9.59 Å². The summed E-state index contributed by atoms with van der Waals surface area (Å²) in [5.41, 5.74) is 1.01. The molecule has 31 heavy (non-hydrogen) atoms. The molecule has 1 aliphatic heterocycles. The first kappa shape index (κ1) is 23.1. The lowest BCUT2D eigenvalue weighted by Gasteiger charge is -2.13. The van der Waals surface area contributed by atoms with Gasteiger partial charge in [0, 0.05) is 11.4 Å². The van der Waals surface area contributed by atoms with Gasteiger partial charge in [0.15, 0.2) is 17.2 Å². The summed E-state index contributed by atoms with van der Waals surface area (Å²) in [5.74, 6) is -0.574. The second-order valence-electron chi connectivity index (χ2n) is 6.45. The van der Waals surface area contributed by atoms with Crippen LogP contribution in [0.15, 0.2) is 41.0 Å². The van der Waals surface area contributed by atoms with Crippen LogP contribution in [0.2, 0.25) is 15.1 Å². The minimum absolute atomic E-state index is 0.0512. The van der Waals surface area contributed by atoms with Crippen molar-refractivity contribution in [3.8, 4) is 11.5 Å². The number of nitrogens with zero attached hydrogens (tertiary/aromatic N) is 1. The first-order valence-electron chi connectivity index (χ1n) is 9.47. The van der Waals surface area contributed by atoms with E-state index in [-0.39, 0.29) is 34.5 Å². The second-order valence-corrected chi connectivity index (χ2v) is 7.70. The molecule has 2 aromatic carbocycles. The predicted molar refractivity (Wildman–Crippen MR) is 120 cm³/mol. The van der Waals surface area contributed by atoms with Crippen molar-refractivity contribution in [2.45, 2.75) is 26.7 Å². The van der Waals surface area contributed by atoms with Crippen molar-refractivity contribution in [3.05, 3.63) is 62.2 Å². The Kier molecular flexibility index (Phi) is 7.59. The van der Waals surface area contributed by atoms with Gasteiger partial charge in [-0.05, 0) is 55.3 Å². The third-order valence-electron chi connectivity index (χ3n) is 4.09. The van der Waals surface area contributed by atoms with Gasteiger partial charge in [-0.15, -0.1) is 0 Å². The number of hydrogen-bond donors (Lipinski definition) is 0. The number of carbonyl (C=O) groups excluding carboxylic acids is 2. The van der Waals surface area contributed by atoms with Crippen LogP contribution in [0, 0.1) is 0 Å². The molecule has 0 saturated carbocycles. The highest BCUT2D eigenvalue weighted by Crippen LogP contribution is 2.38. The lowest BCUT2D eigenvalue weighted by molar-refractivity contribution is -0.134. The highest BCUT2D eigenvalue weighted by Gasteiger charge is 2.26. The second kappa shape index (κ2) is 10.2. The SMILES string of the molecule is CCCC(=O)Oc1c(Cl)cc(/C=C2\N=C(c3ccc(Cl)cc3Cl)OC2=O)cc1OCC. The Morgan fingerprint density at radius 2 is 1.90 bits per heavy atom. The van der Waals surface area contributed by atoms with Crippen molar-refractivity contribution in [2.24, 2.45) is 4.99 Å². The lowest BCUT2D eigenvalue weighted by Crippen LogP contribution is -2.09. The van der Waals surface area contributed by atoms with Gasteiger partial charge in [-0.2, -0.15) is 0 Å². The van der Waals surface area contributed by atoms with Crippen LogP contribution in [-0.2, 0) is 14.3 Å². The van der Waals surface area contributed by atoms with Gasteiger partial charge in [-0.3, -0.25) is 4.79 Å². The molecule has 3 rings (SSSR count). The standard InChI is InChI=1S/C22H18Cl3NO5/c1-3-5-19(27)30-20-16(25)8-12(10-18(20)29-4-2)9-17-22(28)31-21(26-17)14-7-6-13(23)11-15(14)24/h6-11H,3-5H2,1-2H3/b17-9-. The molecule has 0 spiro atoms. The van der Waals surface area contributed by atoms with E-state index in [1.807, 2.05) is 6.92 Å². The molecule has 162 valence electrons. The third-order valence-corrected chi connectivity index (χ3v) is 4.92. The number of carbonyl (C=O) groups is 2. The normalized spacial score (nSPS) is 14.4. The summed E-state index contributed by atoms with van der Waals surface area (Å²) in [5, 5.41) is 0.922. The number of esters is 2. The van der Waals surface area contributed by atoms with Gasteiger partial charge in [-0.25, -0.2) is 9.79 Å². The highest BCUT2D eigenvalue weighted by molar-refractivity contribution is 6.37. The number of halogens is 3. The summed E-state index contributed by atoms with van der Waals surface area (Å²) in [6, 6.07) is 7.91. The van der Waals surface area contributed by atoms with Crippen LogP contribution in [-0.4, -0.2) is 24.4 Å². The first-order valence-corrected chi connectivity index (χ1v) is 10.6. The molecule has 0 bridgehead atoms. The average molecular weight is 483 g/mol. The summed E-state index contributed by atoms with van der Waals surface area (Å²) in [6.45, 7) is 3.99. The van der Waals surface area contributed by atoms with Gasteiger partial charge in [0.05, 0.1) is 22.2 Å². The van der Waals surface area contributed by atoms with Gasteiger partial charge in [-0.1, -0.05) is 41.7 Å². The van der Waals surface area contributed by atoms with Crippen molar-refractivity contribution in [1.29, 1.82) is 0 Å². The summed E-state index contributed by atoms with van der Waals surface area (Å²) in [4.78, 5) is 28.4. The molecule has 1 heterocycles. The van der Waals surface area contributed by atoms with Gasteiger partial charge >= 0.3 is 11.9 Å². The van der Waals surface area contributed by atoms with E-state index in [1.165, 1.54) is 12.1 Å².